The van der Waals surface area contributed by atoms with Crippen molar-refractivity contribution in [3.63, 3.8) is 0 Å². The van der Waals surface area contributed by atoms with Crippen molar-refractivity contribution in [1.29, 1.82) is 0 Å². The summed E-state index contributed by atoms with van der Waals surface area (Å²) in [6.45, 7) is 2.10. The Morgan fingerprint density at radius 2 is 0.711 bits per heavy atom. The van der Waals surface area contributed by atoms with Gasteiger partial charge < -0.3 is 19.3 Å². The van der Waals surface area contributed by atoms with Gasteiger partial charge in [0.1, 0.15) is 17.8 Å². The Morgan fingerprint density at radius 3 is 1.02 bits per heavy atom. The zero-order valence-corrected chi connectivity index (χ0v) is 25.6. The van der Waals surface area contributed by atoms with Crippen molar-refractivity contribution in [2.75, 3.05) is 24.0 Å². The van der Waals surface area contributed by atoms with Gasteiger partial charge in [-0.25, -0.2) is 0 Å². The first-order valence-corrected chi connectivity index (χ1v) is 14.8. The highest BCUT2D eigenvalue weighted by atomic mass is 16.5. The number of methoxy groups -OCH3 is 2. The lowest BCUT2D eigenvalue weighted by atomic mass is 10.0. The molecule has 0 atom stereocenters. The van der Waals surface area contributed by atoms with Crippen LogP contribution in [0.3, 0.4) is 0 Å². The normalized spacial score (nSPS) is 10.6. The predicted octanol–water partition coefficient (Wildman–Crippen LogP) is 10.4. The largest absolute Gasteiger partial charge is 0.497 e. The number of ether oxygens (including phenoxy) is 2. The Morgan fingerprint density at radius 1 is 0.422 bits per heavy atom. The van der Waals surface area contributed by atoms with Crippen LogP contribution in [-0.4, -0.2) is 20.5 Å². The molecule has 6 aromatic carbocycles. The maximum Gasteiger partial charge on any atom is 0.150 e. The lowest BCUT2D eigenvalue weighted by molar-refractivity contribution is 0.112. The van der Waals surface area contributed by atoms with Crippen molar-refractivity contribution in [2.45, 2.75) is 6.92 Å². The number of benzene rings is 6. The Labute approximate surface area is 264 Å². The van der Waals surface area contributed by atoms with Crippen molar-refractivity contribution in [3.8, 4) is 22.6 Å². The Bertz CT molecular complexity index is 1850. The number of carbonyl (C=O) groups excluding carboxylic acids is 1. The van der Waals surface area contributed by atoms with Gasteiger partial charge in [0.05, 0.1) is 14.2 Å². The fourth-order valence-corrected chi connectivity index (χ4v) is 5.36. The van der Waals surface area contributed by atoms with Crippen molar-refractivity contribution < 1.29 is 14.3 Å². The van der Waals surface area contributed by atoms with Gasteiger partial charge in [-0.05, 0) is 127 Å². The summed E-state index contributed by atoms with van der Waals surface area (Å²) in [4.78, 5) is 15.7. The van der Waals surface area contributed by atoms with E-state index in [9.17, 15) is 4.79 Å². The first-order chi connectivity index (χ1) is 22.1. The fraction of sp³-hybridized carbons (Fsp3) is 0.0750. The first-order valence-electron chi connectivity index (χ1n) is 14.8. The fourth-order valence-electron chi connectivity index (χ4n) is 5.36. The molecular weight excluding hydrogens is 556 g/mol. The summed E-state index contributed by atoms with van der Waals surface area (Å²) in [6.07, 6.45) is 0.860. The van der Waals surface area contributed by atoms with Crippen molar-refractivity contribution >= 4 is 40.4 Å². The van der Waals surface area contributed by atoms with Crippen LogP contribution >= 0.6 is 0 Å². The van der Waals surface area contributed by atoms with Crippen molar-refractivity contribution in [1.82, 2.24) is 0 Å². The van der Waals surface area contributed by atoms with E-state index in [0.717, 1.165) is 63.0 Å². The number of rotatable bonds is 10. The zero-order valence-electron chi connectivity index (χ0n) is 25.6. The molecule has 0 aliphatic carbocycles. The lowest BCUT2D eigenvalue weighted by Crippen LogP contribution is -2.10. The molecule has 0 spiro atoms. The molecule has 0 heterocycles. The van der Waals surface area contributed by atoms with Crippen LogP contribution in [0, 0.1) is 6.92 Å². The van der Waals surface area contributed by atoms with Crippen LogP contribution in [0.25, 0.3) is 11.1 Å². The maximum atomic E-state index is 11.3. The molecule has 0 N–H and O–H groups in total. The molecule has 6 rings (SSSR count). The van der Waals surface area contributed by atoms with E-state index in [1.165, 1.54) is 5.56 Å². The van der Waals surface area contributed by atoms with Crippen LogP contribution in [0.15, 0.2) is 146 Å². The Balaban J connectivity index is 1.31. The molecule has 0 saturated heterocycles. The van der Waals surface area contributed by atoms with Gasteiger partial charge in [-0.3, -0.25) is 4.79 Å². The van der Waals surface area contributed by atoms with Crippen LogP contribution in [0.5, 0.6) is 11.5 Å². The molecule has 222 valence electrons. The summed E-state index contributed by atoms with van der Waals surface area (Å²) in [5.41, 5.74) is 10.2. The van der Waals surface area contributed by atoms with Gasteiger partial charge in [0.15, 0.2) is 0 Å². The standard InChI is InChI=1S/C40H34N2O3/c1-29-4-12-33(13-5-29)41(37-20-24-39(44-2)25-21-37)35-16-8-31(9-17-35)32-10-18-36(19-11-32)42(34-14-6-30(28-43)7-15-34)38-22-26-40(45-3)27-23-38/h4-28H,1-3H3. The van der Waals surface area contributed by atoms with Gasteiger partial charge in [-0.15, -0.1) is 0 Å². The molecule has 0 aromatic heterocycles. The number of hydrogen-bond acceptors (Lipinski definition) is 5. The lowest BCUT2D eigenvalue weighted by Gasteiger charge is -2.26. The molecule has 0 saturated carbocycles. The van der Waals surface area contributed by atoms with Gasteiger partial charge in [-0.1, -0.05) is 42.0 Å². The minimum absolute atomic E-state index is 0.639. The third kappa shape index (κ3) is 6.43. The van der Waals surface area contributed by atoms with Crippen LogP contribution in [0.1, 0.15) is 15.9 Å². The minimum Gasteiger partial charge on any atom is -0.497 e. The van der Waals surface area contributed by atoms with E-state index in [1.54, 1.807) is 14.2 Å². The number of aldehydes is 1. The molecule has 6 aromatic rings. The average molecular weight is 591 g/mol. The number of aryl methyl sites for hydroxylation is 1. The second-order valence-electron chi connectivity index (χ2n) is 10.7. The minimum atomic E-state index is 0.639. The Kier molecular flexibility index (Phi) is 8.60. The molecule has 0 bridgehead atoms. The van der Waals surface area contributed by atoms with Gasteiger partial charge >= 0.3 is 0 Å². The van der Waals surface area contributed by atoms with Crippen molar-refractivity contribution in [2.24, 2.45) is 0 Å². The molecule has 0 amide bonds. The highest BCUT2D eigenvalue weighted by Crippen LogP contribution is 2.38. The van der Waals surface area contributed by atoms with Crippen LogP contribution in [0.4, 0.5) is 34.1 Å². The van der Waals surface area contributed by atoms with E-state index in [-0.39, 0.29) is 0 Å². The molecule has 0 fully saturated rings. The highest BCUT2D eigenvalue weighted by Gasteiger charge is 2.15. The smallest absolute Gasteiger partial charge is 0.150 e. The van der Waals surface area contributed by atoms with Crippen LogP contribution in [-0.2, 0) is 0 Å². The summed E-state index contributed by atoms with van der Waals surface area (Å²) in [5, 5.41) is 0. The zero-order chi connectivity index (χ0) is 31.2. The maximum absolute atomic E-state index is 11.3. The summed E-state index contributed by atoms with van der Waals surface area (Å²) >= 11 is 0. The summed E-state index contributed by atoms with van der Waals surface area (Å²) in [6, 6.07) is 49.4. The van der Waals surface area contributed by atoms with E-state index in [1.807, 2.05) is 60.7 Å². The predicted molar refractivity (Wildman–Crippen MR) is 184 cm³/mol. The molecule has 45 heavy (non-hydrogen) atoms. The van der Waals surface area contributed by atoms with E-state index in [2.05, 4.69) is 102 Å². The van der Waals surface area contributed by atoms with E-state index in [0.29, 0.717) is 5.56 Å². The van der Waals surface area contributed by atoms with Gasteiger partial charge in [0.2, 0.25) is 0 Å². The van der Waals surface area contributed by atoms with Gasteiger partial charge in [-0.2, -0.15) is 0 Å². The number of hydrogen-bond donors (Lipinski definition) is 0. The Hall–Kier alpha value is -5.81. The topological polar surface area (TPSA) is 42.0 Å². The summed E-state index contributed by atoms with van der Waals surface area (Å²) < 4.78 is 10.8. The molecule has 0 radical (unpaired) electrons. The molecule has 5 heteroatoms. The number of anilines is 6. The van der Waals surface area contributed by atoms with Crippen LogP contribution < -0.4 is 19.3 Å². The summed E-state index contributed by atoms with van der Waals surface area (Å²) in [7, 11) is 3.34. The molecule has 0 aliphatic rings. The second-order valence-corrected chi connectivity index (χ2v) is 10.7. The highest BCUT2D eigenvalue weighted by molar-refractivity contribution is 5.82. The van der Waals surface area contributed by atoms with E-state index in [4.69, 9.17) is 9.47 Å². The third-order valence-corrected chi connectivity index (χ3v) is 7.83. The van der Waals surface area contributed by atoms with Crippen molar-refractivity contribution in [3.05, 3.63) is 157 Å². The van der Waals surface area contributed by atoms with Gasteiger partial charge in [0, 0.05) is 39.7 Å². The molecular formula is C40H34N2O3. The number of nitrogens with zero attached hydrogens (tertiary/aromatic N) is 2. The van der Waals surface area contributed by atoms with E-state index < -0.39 is 0 Å². The average Bonchev–Trinajstić information content (AvgIpc) is 3.11. The quantitative estimate of drug-likeness (QED) is 0.149. The summed E-state index contributed by atoms with van der Waals surface area (Å²) in [5.74, 6) is 1.62. The van der Waals surface area contributed by atoms with Crippen LogP contribution in [0.2, 0.25) is 0 Å². The molecule has 5 nitrogen and oxygen atoms in total. The SMILES string of the molecule is COc1ccc(N(c2ccc(C)cc2)c2ccc(-c3ccc(N(c4ccc(C=O)cc4)c4ccc(OC)cc4)cc3)cc2)cc1. The van der Waals surface area contributed by atoms with Gasteiger partial charge in [0.25, 0.3) is 0 Å². The molecule has 0 aliphatic heterocycles. The van der Waals surface area contributed by atoms with E-state index >= 15 is 0 Å². The first kappa shape index (κ1) is 29.3. The number of carbonyl (C=O) groups is 1. The third-order valence-electron chi connectivity index (χ3n) is 7.83. The monoisotopic (exact) mass is 590 g/mol. The second kappa shape index (κ2) is 13.2. The molecule has 0 unspecified atom stereocenters.